The molecule has 0 bridgehead atoms. The summed E-state index contributed by atoms with van der Waals surface area (Å²) in [4.78, 5) is 15.1. The molecule has 0 saturated heterocycles. The van der Waals surface area contributed by atoms with Crippen LogP contribution >= 0.6 is 11.3 Å². The Kier molecular flexibility index (Phi) is 2.59. The maximum atomic E-state index is 12.6. The minimum atomic E-state index is 0.177. The summed E-state index contributed by atoms with van der Waals surface area (Å²) in [7, 11) is 0. The maximum absolute atomic E-state index is 12.6. The van der Waals surface area contributed by atoms with E-state index in [-0.39, 0.29) is 5.92 Å². The molecule has 2 aliphatic carbocycles. The third kappa shape index (κ3) is 1.86. The van der Waals surface area contributed by atoms with Crippen LogP contribution in [0.3, 0.4) is 0 Å². The van der Waals surface area contributed by atoms with Gasteiger partial charge in [0.05, 0.1) is 4.88 Å². The molecule has 0 aliphatic heterocycles. The lowest BCUT2D eigenvalue weighted by atomic mass is 9.99. The van der Waals surface area contributed by atoms with Crippen molar-refractivity contribution in [3.05, 3.63) is 56.8 Å². The van der Waals surface area contributed by atoms with Gasteiger partial charge in [0.2, 0.25) is 0 Å². The first kappa shape index (κ1) is 11.4. The fourth-order valence-electron chi connectivity index (χ4n) is 3.40. The first-order valence-electron chi connectivity index (χ1n) is 7.04. The fraction of sp³-hybridized carbons (Fsp3) is 0.353. The zero-order valence-corrected chi connectivity index (χ0v) is 11.6. The molecular formula is C17H16OS. The Balaban J connectivity index is 1.59. The van der Waals surface area contributed by atoms with Crippen LogP contribution in [-0.4, -0.2) is 5.78 Å². The van der Waals surface area contributed by atoms with Gasteiger partial charge in [-0.15, -0.1) is 11.3 Å². The lowest BCUT2D eigenvalue weighted by molar-refractivity contribution is 0.0929. The Labute approximate surface area is 117 Å². The first-order chi connectivity index (χ1) is 9.31. The Hall–Kier alpha value is -1.41. The standard InChI is InChI=1S/C17H16OS/c18-17(16-10-13-6-3-7-15(13)19-16)14-8-11-4-1-2-5-12(11)9-14/h1-2,4-5,10,14H,3,6-9H2. The lowest BCUT2D eigenvalue weighted by Crippen LogP contribution is -2.13. The molecule has 0 amide bonds. The summed E-state index contributed by atoms with van der Waals surface area (Å²) in [5, 5.41) is 0. The van der Waals surface area contributed by atoms with Crippen LogP contribution in [0.25, 0.3) is 0 Å². The van der Waals surface area contributed by atoms with Crippen molar-refractivity contribution in [1.29, 1.82) is 0 Å². The fourth-order valence-corrected chi connectivity index (χ4v) is 4.67. The van der Waals surface area contributed by atoms with Gasteiger partial charge in [0.1, 0.15) is 0 Å². The minimum Gasteiger partial charge on any atom is -0.293 e. The summed E-state index contributed by atoms with van der Waals surface area (Å²) >= 11 is 1.75. The van der Waals surface area contributed by atoms with Crippen molar-refractivity contribution in [2.45, 2.75) is 32.1 Å². The zero-order valence-electron chi connectivity index (χ0n) is 10.8. The molecule has 0 radical (unpaired) electrons. The van der Waals surface area contributed by atoms with Crippen LogP contribution < -0.4 is 0 Å². The molecule has 2 heteroatoms. The molecule has 19 heavy (non-hydrogen) atoms. The number of hydrogen-bond donors (Lipinski definition) is 0. The second kappa shape index (κ2) is 4.31. The molecule has 0 spiro atoms. The highest BCUT2D eigenvalue weighted by Crippen LogP contribution is 2.35. The van der Waals surface area contributed by atoms with Gasteiger partial charge < -0.3 is 0 Å². The summed E-state index contributed by atoms with van der Waals surface area (Å²) in [6.45, 7) is 0. The van der Waals surface area contributed by atoms with Crippen molar-refractivity contribution in [3.8, 4) is 0 Å². The highest BCUT2D eigenvalue weighted by molar-refractivity contribution is 7.14. The van der Waals surface area contributed by atoms with E-state index in [9.17, 15) is 4.79 Å². The van der Waals surface area contributed by atoms with Crippen LogP contribution in [0, 0.1) is 5.92 Å². The van der Waals surface area contributed by atoms with Crippen molar-refractivity contribution < 1.29 is 4.79 Å². The van der Waals surface area contributed by atoms with Gasteiger partial charge in [-0.3, -0.25) is 4.79 Å². The average Bonchev–Trinajstić information content (AvgIpc) is 3.10. The number of Topliss-reactive ketones (excluding diaryl/α,β-unsaturated/α-hetero) is 1. The highest BCUT2D eigenvalue weighted by atomic mass is 32.1. The van der Waals surface area contributed by atoms with Gasteiger partial charge >= 0.3 is 0 Å². The quantitative estimate of drug-likeness (QED) is 0.756. The maximum Gasteiger partial charge on any atom is 0.176 e. The van der Waals surface area contributed by atoms with E-state index in [2.05, 4.69) is 30.3 Å². The first-order valence-corrected chi connectivity index (χ1v) is 7.85. The average molecular weight is 268 g/mol. The topological polar surface area (TPSA) is 17.1 Å². The largest absolute Gasteiger partial charge is 0.293 e. The molecule has 1 heterocycles. The Morgan fingerprint density at radius 3 is 2.47 bits per heavy atom. The SMILES string of the molecule is O=C(c1cc2c(s1)CCC2)C1Cc2ccccc2C1. The molecule has 2 aliphatic rings. The minimum absolute atomic E-state index is 0.177. The molecule has 1 aromatic carbocycles. The number of ketones is 1. The molecule has 0 atom stereocenters. The van der Waals surface area contributed by atoms with Gasteiger partial charge in [0, 0.05) is 10.8 Å². The van der Waals surface area contributed by atoms with Crippen molar-refractivity contribution in [3.63, 3.8) is 0 Å². The van der Waals surface area contributed by atoms with Crippen molar-refractivity contribution in [2.75, 3.05) is 0 Å². The lowest BCUT2D eigenvalue weighted by Gasteiger charge is -2.05. The second-order valence-electron chi connectivity index (χ2n) is 5.65. The number of thiophene rings is 1. The highest BCUT2D eigenvalue weighted by Gasteiger charge is 2.29. The van der Waals surface area contributed by atoms with Gasteiger partial charge in [-0.25, -0.2) is 0 Å². The van der Waals surface area contributed by atoms with Crippen LogP contribution in [0.15, 0.2) is 30.3 Å². The van der Waals surface area contributed by atoms with Crippen LogP contribution in [0.4, 0.5) is 0 Å². The van der Waals surface area contributed by atoms with Crippen molar-refractivity contribution in [2.24, 2.45) is 5.92 Å². The summed E-state index contributed by atoms with van der Waals surface area (Å²) in [6.07, 6.45) is 5.47. The van der Waals surface area contributed by atoms with E-state index >= 15 is 0 Å². The number of carbonyl (C=O) groups is 1. The predicted octanol–water partition coefficient (Wildman–Crippen LogP) is 3.83. The molecule has 96 valence electrons. The molecule has 2 aromatic rings. The monoisotopic (exact) mass is 268 g/mol. The number of fused-ring (bicyclic) bond motifs is 2. The summed E-state index contributed by atoms with van der Waals surface area (Å²) in [5.74, 6) is 0.548. The number of benzene rings is 1. The smallest absolute Gasteiger partial charge is 0.176 e. The molecule has 0 saturated carbocycles. The number of aryl methyl sites for hydroxylation is 2. The van der Waals surface area contributed by atoms with Crippen LogP contribution in [0.2, 0.25) is 0 Å². The normalized spacial score (nSPS) is 17.5. The van der Waals surface area contributed by atoms with E-state index in [1.807, 2.05) is 0 Å². The van der Waals surface area contributed by atoms with E-state index in [1.54, 1.807) is 11.3 Å². The Morgan fingerprint density at radius 1 is 1.05 bits per heavy atom. The molecule has 1 aromatic heterocycles. The predicted molar refractivity (Wildman–Crippen MR) is 78.0 cm³/mol. The Morgan fingerprint density at radius 2 is 1.79 bits per heavy atom. The molecular weight excluding hydrogens is 252 g/mol. The van der Waals surface area contributed by atoms with E-state index in [0.717, 1.165) is 17.7 Å². The van der Waals surface area contributed by atoms with E-state index in [0.29, 0.717) is 5.78 Å². The molecule has 0 fully saturated rings. The third-order valence-corrected chi connectivity index (χ3v) is 5.66. The van der Waals surface area contributed by atoms with Crippen LogP contribution in [-0.2, 0) is 25.7 Å². The van der Waals surface area contributed by atoms with Gasteiger partial charge in [-0.1, -0.05) is 24.3 Å². The number of hydrogen-bond acceptors (Lipinski definition) is 2. The van der Waals surface area contributed by atoms with Gasteiger partial charge in [0.15, 0.2) is 5.78 Å². The van der Waals surface area contributed by atoms with Gasteiger partial charge in [-0.05, 0) is 54.9 Å². The van der Waals surface area contributed by atoms with Crippen LogP contribution in [0.1, 0.15) is 37.7 Å². The van der Waals surface area contributed by atoms with E-state index < -0.39 is 0 Å². The van der Waals surface area contributed by atoms with Crippen molar-refractivity contribution >= 4 is 17.1 Å². The molecule has 1 nitrogen and oxygen atoms in total. The zero-order chi connectivity index (χ0) is 12.8. The van der Waals surface area contributed by atoms with Crippen LogP contribution in [0.5, 0.6) is 0 Å². The number of rotatable bonds is 2. The Bertz CT molecular complexity index is 607. The number of carbonyl (C=O) groups excluding carboxylic acids is 1. The van der Waals surface area contributed by atoms with Crippen molar-refractivity contribution in [1.82, 2.24) is 0 Å². The van der Waals surface area contributed by atoms with E-state index in [1.165, 1.54) is 40.8 Å². The van der Waals surface area contributed by atoms with Gasteiger partial charge in [-0.2, -0.15) is 0 Å². The second-order valence-corrected chi connectivity index (χ2v) is 6.79. The molecule has 4 rings (SSSR count). The molecule has 0 N–H and O–H groups in total. The summed E-state index contributed by atoms with van der Waals surface area (Å²) in [6, 6.07) is 10.6. The molecule has 0 unspecified atom stereocenters. The summed E-state index contributed by atoms with van der Waals surface area (Å²) in [5.41, 5.74) is 4.17. The van der Waals surface area contributed by atoms with E-state index in [4.69, 9.17) is 0 Å². The summed E-state index contributed by atoms with van der Waals surface area (Å²) < 4.78 is 0. The third-order valence-electron chi connectivity index (χ3n) is 4.41. The van der Waals surface area contributed by atoms with Gasteiger partial charge in [0.25, 0.3) is 0 Å².